The van der Waals surface area contributed by atoms with Gasteiger partial charge in [-0.1, -0.05) is 46.3 Å². The third-order valence-corrected chi connectivity index (χ3v) is 5.61. The summed E-state index contributed by atoms with van der Waals surface area (Å²) >= 11 is 3.37. The highest BCUT2D eigenvalue weighted by molar-refractivity contribution is 9.10. The molecule has 1 saturated heterocycles. The molecule has 0 bridgehead atoms. The summed E-state index contributed by atoms with van der Waals surface area (Å²) in [5.74, 6) is -1.01. The number of aliphatic hydroxyl groups excluding tert-OH is 1. The molecule has 2 aromatic rings. The lowest BCUT2D eigenvalue weighted by molar-refractivity contribution is -0.140. The van der Waals surface area contributed by atoms with Crippen molar-refractivity contribution < 1.29 is 24.2 Å². The minimum Gasteiger partial charge on any atom is -0.507 e. The maximum absolute atomic E-state index is 13.0. The number of halogens is 1. The van der Waals surface area contributed by atoms with E-state index >= 15 is 0 Å². The number of aliphatic hydroxyl groups is 1. The maximum atomic E-state index is 13.0. The average Bonchev–Trinajstić information content (AvgIpc) is 3.01. The molecule has 1 atom stereocenters. The van der Waals surface area contributed by atoms with E-state index in [9.17, 15) is 14.7 Å². The van der Waals surface area contributed by atoms with E-state index in [0.29, 0.717) is 36.4 Å². The zero-order valence-corrected chi connectivity index (χ0v) is 19.4. The molecular formula is C24H26BrNO5. The summed E-state index contributed by atoms with van der Waals surface area (Å²) in [5, 5.41) is 11.1. The van der Waals surface area contributed by atoms with Gasteiger partial charge in [0.05, 0.1) is 24.8 Å². The first-order chi connectivity index (χ1) is 14.8. The van der Waals surface area contributed by atoms with Gasteiger partial charge in [0, 0.05) is 28.8 Å². The molecule has 0 spiro atoms. The standard InChI is InChI=1S/C24H26BrNO5/c1-15(2)31-14-6-13-26-21(18-7-4-5-8-19(18)30-3)20(23(28)24(26)29)22(27)16-9-11-17(25)12-10-16/h4-5,7-12,15,21,27H,6,13-14H2,1-3H3/b22-20-. The number of amides is 1. The molecule has 3 rings (SSSR count). The topological polar surface area (TPSA) is 76.1 Å². The molecule has 2 aromatic carbocycles. The number of benzene rings is 2. The Morgan fingerprint density at radius 2 is 1.81 bits per heavy atom. The lowest BCUT2D eigenvalue weighted by atomic mass is 9.94. The first-order valence-corrected chi connectivity index (χ1v) is 10.9. The predicted octanol–water partition coefficient (Wildman–Crippen LogP) is 4.69. The normalized spacial score (nSPS) is 18.1. The van der Waals surface area contributed by atoms with Gasteiger partial charge in [-0.05, 0) is 38.5 Å². The second-order valence-electron chi connectivity index (χ2n) is 7.51. The number of hydrogen-bond donors (Lipinski definition) is 1. The molecule has 1 aliphatic heterocycles. The van der Waals surface area contributed by atoms with Crippen LogP contribution in [0.25, 0.3) is 5.76 Å². The van der Waals surface area contributed by atoms with Crippen LogP contribution in [-0.2, 0) is 14.3 Å². The van der Waals surface area contributed by atoms with Gasteiger partial charge in [0.25, 0.3) is 11.7 Å². The molecule has 164 valence electrons. The SMILES string of the molecule is COc1ccccc1C1/C(=C(/O)c2ccc(Br)cc2)C(=O)C(=O)N1CCCOC(C)C. The number of likely N-dealkylation sites (tertiary alicyclic amines) is 1. The van der Waals surface area contributed by atoms with Gasteiger partial charge in [0.1, 0.15) is 11.5 Å². The van der Waals surface area contributed by atoms with Crippen LogP contribution < -0.4 is 4.74 Å². The fourth-order valence-electron chi connectivity index (χ4n) is 3.64. The van der Waals surface area contributed by atoms with Crippen molar-refractivity contribution in [3.05, 3.63) is 69.7 Å². The smallest absolute Gasteiger partial charge is 0.295 e. The number of nitrogens with zero attached hydrogens (tertiary/aromatic N) is 1. The van der Waals surface area contributed by atoms with Gasteiger partial charge in [-0.25, -0.2) is 0 Å². The van der Waals surface area contributed by atoms with Crippen LogP contribution in [0.5, 0.6) is 5.75 Å². The zero-order valence-electron chi connectivity index (χ0n) is 17.8. The number of ether oxygens (including phenoxy) is 2. The second-order valence-corrected chi connectivity index (χ2v) is 8.43. The first-order valence-electron chi connectivity index (χ1n) is 10.1. The fourth-order valence-corrected chi connectivity index (χ4v) is 3.91. The van der Waals surface area contributed by atoms with Crippen LogP contribution in [0.15, 0.2) is 58.6 Å². The van der Waals surface area contributed by atoms with Crippen LogP contribution in [0.4, 0.5) is 0 Å². The Morgan fingerprint density at radius 3 is 2.45 bits per heavy atom. The van der Waals surface area contributed by atoms with E-state index in [1.165, 1.54) is 12.0 Å². The van der Waals surface area contributed by atoms with Crippen molar-refractivity contribution in [1.29, 1.82) is 0 Å². The zero-order chi connectivity index (χ0) is 22.5. The minimum atomic E-state index is -0.751. The summed E-state index contributed by atoms with van der Waals surface area (Å²) in [5.41, 5.74) is 1.17. The first kappa shape index (κ1) is 23.0. The molecular weight excluding hydrogens is 462 g/mol. The third-order valence-electron chi connectivity index (χ3n) is 5.09. The number of Topliss-reactive ketones (excluding diaryl/α,β-unsaturated/α-hetero) is 1. The van der Waals surface area contributed by atoms with E-state index in [4.69, 9.17) is 9.47 Å². The Hall–Kier alpha value is -2.64. The summed E-state index contributed by atoms with van der Waals surface area (Å²) in [7, 11) is 1.54. The van der Waals surface area contributed by atoms with Crippen molar-refractivity contribution in [3.8, 4) is 5.75 Å². The monoisotopic (exact) mass is 487 g/mol. The third kappa shape index (κ3) is 4.99. The lowest BCUT2D eigenvalue weighted by Gasteiger charge is -2.26. The van der Waals surface area contributed by atoms with Crippen LogP contribution in [0.1, 0.15) is 37.4 Å². The summed E-state index contributed by atoms with van der Waals surface area (Å²) in [6.45, 7) is 4.67. The van der Waals surface area contributed by atoms with Gasteiger partial charge in [0.15, 0.2) is 0 Å². The van der Waals surface area contributed by atoms with Gasteiger partial charge in [-0.2, -0.15) is 0 Å². The van der Waals surface area contributed by atoms with E-state index < -0.39 is 17.7 Å². The molecule has 7 heteroatoms. The molecule has 31 heavy (non-hydrogen) atoms. The number of rotatable bonds is 8. The molecule has 0 aromatic heterocycles. The number of hydrogen-bond acceptors (Lipinski definition) is 5. The summed E-state index contributed by atoms with van der Waals surface area (Å²) in [6.07, 6.45) is 0.646. The summed E-state index contributed by atoms with van der Waals surface area (Å²) in [6, 6.07) is 13.4. The van der Waals surface area contributed by atoms with Crippen molar-refractivity contribution in [2.24, 2.45) is 0 Å². The molecule has 1 amide bonds. The quantitative estimate of drug-likeness (QED) is 0.253. The highest BCUT2D eigenvalue weighted by Gasteiger charge is 2.46. The van der Waals surface area contributed by atoms with Crippen LogP contribution >= 0.6 is 15.9 Å². The van der Waals surface area contributed by atoms with Crippen molar-refractivity contribution in [2.45, 2.75) is 32.4 Å². The van der Waals surface area contributed by atoms with Crippen molar-refractivity contribution in [3.63, 3.8) is 0 Å². The number of methoxy groups -OCH3 is 1. The van der Waals surface area contributed by atoms with Crippen LogP contribution in [-0.4, -0.2) is 48.1 Å². The molecule has 1 aliphatic rings. The van der Waals surface area contributed by atoms with Crippen LogP contribution in [0, 0.1) is 0 Å². The minimum absolute atomic E-state index is 0.0570. The Labute approximate surface area is 190 Å². The van der Waals surface area contributed by atoms with Gasteiger partial charge in [-0.3, -0.25) is 9.59 Å². The number of ketones is 1. The van der Waals surface area contributed by atoms with E-state index in [1.54, 1.807) is 30.3 Å². The largest absolute Gasteiger partial charge is 0.507 e. The van der Waals surface area contributed by atoms with Gasteiger partial charge >= 0.3 is 0 Å². The molecule has 0 aliphatic carbocycles. The molecule has 1 N–H and O–H groups in total. The second kappa shape index (κ2) is 10.1. The Morgan fingerprint density at radius 1 is 1.13 bits per heavy atom. The maximum Gasteiger partial charge on any atom is 0.295 e. The number of carbonyl (C=O) groups excluding carboxylic acids is 2. The molecule has 1 heterocycles. The van der Waals surface area contributed by atoms with E-state index in [-0.39, 0.29) is 17.4 Å². The molecule has 1 unspecified atom stereocenters. The Bertz CT molecular complexity index is 984. The highest BCUT2D eigenvalue weighted by Crippen LogP contribution is 2.42. The Balaban J connectivity index is 2.07. The van der Waals surface area contributed by atoms with Crippen molar-refractivity contribution in [1.82, 2.24) is 4.90 Å². The van der Waals surface area contributed by atoms with Gasteiger partial charge in [-0.15, -0.1) is 0 Å². The molecule has 6 nitrogen and oxygen atoms in total. The fraction of sp³-hybridized carbons (Fsp3) is 0.333. The summed E-state index contributed by atoms with van der Waals surface area (Å²) in [4.78, 5) is 27.5. The average molecular weight is 488 g/mol. The predicted molar refractivity (Wildman–Crippen MR) is 122 cm³/mol. The van der Waals surface area contributed by atoms with Crippen LogP contribution in [0.2, 0.25) is 0 Å². The van der Waals surface area contributed by atoms with Crippen molar-refractivity contribution >= 4 is 33.4 Å². The van der Waals surface area contributed by atoms with E-state index in [0.717, 1.165) is 4.47 Å². The lowest BCUT2D eigenvalue weighted by Crippen LogP contribution is -2.31. The van der Waals surface area contributed by atoms with Crippen molar-refractivity contribution in [2.75, 3.05) is 20.3 Å². The molecule has 0 saturated carbocycles. The van der Waals surface area contributed by atoms with Gasteiger partial charge < -0.3 is 19.5 Å². The highest BCUT2D eigenvalue weighted by atomic mass is 79.9. The number of para-hydroxylation sites is 1. The molecule has 0 radical (unpaired) electrons. The van der Waals surface area contributed by atoms with E-state index in [2.05, 4.69) is 15.9 Å². The Kier molecular flexibility index (Phi) is 7.51. The van der Waals surface area contributed by atoms with E-state index in [1.807, 2.05) is 32.0 Å². The number of carbonyl (C=O) groups is 2. The summed E-state index contributed by atoms with van der Waals surface area (Å²) < 4.78 is 11.9. The van der Waals surface area contributed by atoms with Gasteiger partial charge in [0.2, 0.25) is 0 Å². The van der Waals surface area contributed by atoms with Crippen LogP contribution in [0.3, 0.4) is 0 Å². The molecule has 1 fully saturated rings.